The fraction of sp³-hybridized carbons (Fsp3) is 0.320. The molecule has 3 N–H and O–H groups in total. The van der Waals surface area contributed by atoms with E-state index in [1.807, 2.05) is 30.3 Å². The van der Waals surface area contributed by atoms with Crippen LogP contribution in [0.3, 0.4) is 0 Å². The molecule has 0 spiro atoms. The van der Waals surface area contributed by atoms with Gasteiger partial charge in [0.05, 0.1) is 17.6 Å². The van der Waals surface area contributed by atoms with Gasteiger partial charge in [0, 0.05) is 11.4 Å². The summed E-state index contributed by atoms with van der Waals surface area (Å²) in [5.74, 6) is -1.08. The standard InChI is InChI=1S/C25H25N5O4/c1-15(24(32)33)17-4-6-18(7-5-17)19-8-12-20(13-9-19)27-22(31)23-29-30-25(34-23)28-21-10-2-16(14-26)3-11-21/h2-3,8-13,15,17-18H,4-7H2,1H3,(H,27,31)(H,28,30)(H,32,33)/t15-,17?,18?/m0/s1. The summed E-state index contributed by atoms with van der Waals surface area (Å²) in [5.41, 5.74) is 2.98. The zero-order valence-corrected chi connectivity index (χ0v) is 18.7. The Morgan fingerprint density at radius 1 is 1.03 bits per heavy atom. The number of carbonyl (C=O) groups excluding carboxylic acids is 1. The van der Waals surface area contributed by atoms with Crippen molar-refractivity contribution >= 4 is 29.3 Å². The number of carbonyl (C=O) groups is 2. The van der Waals surface area contributed by atoms with Gasteiger partial charge in [-0.25, -0.2) is 0 Å². The quantitative estimate of drug-likeness (QED) is 0.451. The minimum absolute atomic E-state index is 0.0676. The van der Waals surface area contributed by atoms with Crippen LogP contribution in [0, 0.1) is 23.2 Å². The third kappa shape index (κ3) is 5.41. The Labute approximate surface area is 196 Å². The molecule has 1 heterocycles. The molecule has 1 atom stereocenters. The molecule has 9 nitrogen and oxygen atoms in total. The normalized spacial score (nSPS) is 18.5. The number of aromatic nitrogens is 2. The van der Waals surface area contributed by atoms with Crippen molar-refractivity contribution in [2.24, 2.45) is 11.8 Å². The average Bonchev–Trinajstić information content (AvgIpc) is 3.33. The summed E-state index contributed by atoms with van der Waals surface area (Å²) in [6.45, 7) is 1.79. The van der Waals surface area contributed by atoms with Crippen LogP contribution in [0.4, 0.5) is 17.4 Å². The second kappa shape index (κ2) is 10.2. The van der Waals surface area contributed by atoms with Gasteiger partial charge in [-0.15, -0.1) is 5.10 Å². The number of benzene rings is 2. The van der Waals surface area contributed by atoms with Gasteiger partial charge < -0.3 is 20.2 Å². The van der Waals surface area contributed by atoms with Crippen molar-refractivity contribution in [3.8, 4) is 6.07 Å². The van der Waals surface area contributed by atoms with Crippen LogP contribution >= 0.6 is 0 Å². The zero-order chi connectivity index (χ0) is 24.1. The van der Waals surface area contributed by atoms with Crippen LogP contribution in [-0.2, 0) is 4.79 Å². The number of nitrogens with one attached hydrogen (secondary N) is 2. The third-order valence-electron chi connectivity index (χ3n) is 6.39. The van der Waals surface area contributed by atoms with Crippen LogP contribution in [0.1, 0.15) is 60.3 Å². The van der Waals surface area contributed by atoms with Gasteiger partial charge in [-0.2, -0.15) is 5.26 Å². The first-order valence-electron chi connectivity index (χ1n) is 11.2. The molecule has 1 fully saturated rings. The van der Waals surface area contributed by atoms with Gasteiger partial charge in [0.2, 0.25) is 0 Å². The van der Waals surface area contributed by atoms with Gasteiger partial charge in [-0.1, -0.05) is 24.2 Å². The number of carboxylic acids is 1. The Morgan fingerprint density at radius 3 is 2.29 bits per heavy atom. The van der Waals surface area contributed by atoms with Gasteiger partial charge in [0.15, 0.2) is 0 Å². The second-order valence-corrected chi connectivity index (χ2v) is 8.54. The number of anilines is 3. The van der Waals surface area contributed by atoms with Gasteiger partial charge in [0.1, 0.15) is 0 Å². The maximum atomic E-state index is 12.5. The predicted octanol–water partition coefficient (Wildman–Crippen LogP) is 4.93. The molecule has 9 heteroatoms. The Bertz CT molecular complexity index is 1190. The molecule has 1 aromatic heterocycles. The van der Waals surface area contributed by atoms with Gasteiger partial charge in [-0.3, -0.25) is 9.59 Å². The van der Waals surface area contributed by atoms with E-state index in [4.69, 9.17) is 9.68 Å². The third-order valence-corrected chi connectivity index (χ3v) is 6.39. The predicted molar refractivity (Wildman–Crippen MR) is 125 cm³/mol. The zero-order valence-electron chi connectivity index (χ0n) is 18.7. The van der Waals surface area contributed by atoms with Gasteiger partial charge >= 0.3 is 23.8 Å². The number of amides is 1. The van der Waals surface area contributed by atoms with E-state index < -0.39 is 11.9 Å². The first-order chi connectivity index (χ1) is 16.4. The van der Waals surface area contributed by atoms with Crippen LogP contribution in [0.2, 0.25) is 0 Å². The molecule has 1 saturated carbocycles. The lowest BCUT2D eigenvalue weighted by Gasteiger charge is -2.31. The summed E-state index contributed by atoms with van der Waals surface area (Å²) < 4.78 is 5.39. The molecule has 1 amide bonds. The Balaban J connectivity index is 1.31. The Morgan fingerprint density at radius 2 is 1.68 bits per heavy atom. The van der Waals surface area contributed by atoms with Crippen LogP contribution in [0.25, 0.3) is 0 Å². The highest BCUT2D eigenvalue weighted by molar-refractivity contribution is 6.00. The number of hydrogen-bond acceptors (Lipinski definition) is 7. The van der Waals surface area contributed by atoms with Crippen molar-refractivity contribution in [2.75, 3.05) is 10.6 Å². The Kier molecular flexibility index (Phi) is 6.87. The molecular weight excluding hydrogens is 434 g/mol. The summed E-state index contributed by atoms with van der Waals surface area (Å²) in [5, 5.41) is 31.3. The van der Waals surface area contributed by atoms with E-state index in [1.165, 1.54) is 5.56 Å². The highest BCUT2D eigenvalue weighted by Gasteiger charge is 2.29. The molecule has 1 aliphatic rings. The van der Waals surface area contributed by atoms with Crippen molar-refractivity contribution < 1.29 is 19.1 Å². The van der Waals surface area contributed by atoms with E-state index in [0.717, 1.165) is 25.7 Å². The molecule has 34 heavy (non-hydrogen) atoms. The Hall–Kier alpha value is -4.19. The van der Waals surface area contributed by atoms with Crippen molar-refractivity contribution in [1.29, 1.82) is 5.26 Å². The van der Waals surface area contributed by atoms with E-state index in [2.05, 4.69) is 20.8 Å². The molecular formula is C25H25N5O4. The maximum absolute atomic E-state index is 12.5. The second-order valence-electron chi connectivity index (χ2n) is 8.54. The molecule has 174 valence electrons. The monoisotopic (exact) mass is 459 g/mol. The summed E-state index contributed by atoms with van der Waals surface area (Å²) in [6, 6.07) is 16.5. The van der Waals surface area contributed by atoms with Gasteiger partial charge in [-0.05, 0) is 79.5 Å². The number of nitrogens with zero attached hydrogens (tertiary/aromatic N) is 3. The van der Waals surface area contributed by atoms with Crippen LogP contribution in [0.5, 0.6) is 0 Å². The van der Waals surface area contributed by atoms with E-state index >= 15 is 0 Å². The SMILES string of the molecule is C[C@H](C(=O)O)C1CCC(c2ccc(NC(=O)c3nnc(Nc4ccc(C#N)cc4)o3)cc2)CC1. The van der Waals surface area contributed by atoms with E-state index in [9.17, 15) is 14.7 Å². The molecule has 0 unspecified atom stereocenters. The minimum Gasteiger partial charge on any atom is -0.481 e. The van der Waals surface area contributed by atoms with E-state index in [1.54, 1.807) is 31.2 Å². The molecule has 3 aromatic rings. The molecule has 0 bridgehead atoms. The fourth-order valence-electron chi connectivity index (χ4n) is 4.29. The van der Waals surface area contributed by atoms with Crippen LogP contribution in [0.15, 0.2) is 52.9 Å². The molecule has 0 radical (unpaired) electrons. The van der Waals surface area contributed by atoms with Crippen LogP contribution in [-0.4, -0.2) is 27.2 Å². The number of carboxylic acid groups (broad SMARTS) is 1. The molecule has 0 aliphatic heterocycles. The first-order valence-corrected chi connectivity index (χ1v) is 11.2. The number of aliphatic carboxylic acids is 1. The largest absolute Gasteiger partial charge is 0.481 e. The lowest BCUT2D eigenvalue weighted by Crippen LogP contribution is -2.24. The lowest BCUT2D eigenvalue weighted by molar-refractivity contribution is -0.143. The topological polar surface area (TPSA) is 141 Å². The van der Waals surface area contributed by atoms with Crippen molar-refractivity contribution in [3.05, 3.63) is 65.5 Å². The number of hydrogen-bond donors (Lipinski definition) is 3. The highest BCUT2D eigenvalue weighted by Crippen LogP contribution is 2.39. The molecule has 2 aromatic carbocycles. The summed E-state index contributed by atoms with van der Waals surface area (Å²) in [6.07, 6.45) is 3.75. The van der Waals surface area contributed by atoms with Crippen molar-refractivity contribution in [2.45, 2.75) is 38.5 Å². The number of nitriles is 1. The summed E-state index contributed by atoms with van der Waals surface area (Å²) >= 11 is 0. The fourth-order valence-corrected chi connectivity index (χ4v) is 4.29. The van der Waals surface area contributed by atoms with Gasteiger partial charge in [0.25, 0.3) is 0 Å². The maximum Gasteiger partial charge on any atom is 0.320 e. The molecule has 1 aliphatic carbocycles. The van der Waals surface area contributed by atoms with Crippen molar-refractivity contribution in [3.63, 3.8) is 0 Å². The summed E-state index contributed by atoms with van der Waals surface area (Å²) in [7, 11) is 0. The smallest absolute Gasteiger partial charge is 0.320 e. The van der Waals surface area contributed by atoms with E-state index in [-0.39, 0.29) is 23.7 Å². The van der Waals surface area contributed by atoms with Crippen LogP contribution < -0.4 is 10.6 Å². The molecule has 4 rings (SSSR count). The lowest BCUT2D eigenvalue weighted by atomic mass is 9.74. The van der Waals surface area contributed by atoms with Crippen molar-refractivity contribution in [1.82, 2.24) is 10.2 Å². The minimum atomic E-state index is -0.720. The number of rotatable bonds is 7. The molecule has 0 saturated heterocycles. The first kappa shape index (κ1) is 23.0. The average molecular weight is 460 g/mol. The highest BCUT2D eigenvalue weighted by atomic mass is 16.4. The summed E-state index contributed by atoms with van der Waals surface area (Å²) in [4.78, 5) is 23.7. The van der Waals surface area contributed by atoms with E-state index in [0.29, 0.717) is 22.9 Å².